The first-order chi connectivity index (χ1) is 16.4. The summed E-state index contributed by atoms with van der Waals surface area (Å²) in [5.41, 5.74) is 3.42. The number of carbonyl (C=O) groups is 1. The van der Waals surface area contributed by atoms with Crippen molar-refractivity contribution in [1.29, 1.82) is 0 Å². The molecule has 7 nitrogen and oxygen atoms in total. The smallest absolute Gasteiger partial charge is 0.260 e. The van der Waals surface area contributed by atoms with Gasteiger partial charge in [0.2, 0.25) is 5.91 Å². The zero-order chi connectivity index (χ0) is 24.2. The highest BCUT2D eigenvalue weighted by molar-refractivity contribution is 7.99. The zero-order valence-corrected chi connectivity index (χ0v) is 20.9. The van der Waals surface area contributed by atoms with Gasteiger partial charge in [-0.15, -0.1) is 11.3 Å². The maximum Gasteiger partial charge on any atom is 0.260 e. The first kappa shape index (κ1) is 23.8. The largest absolute Gasteiger partial charge is 0.497 e. The minimum absolute atomic E-state index is 0.0819. The van der Waals surface area contributed by atoms with Gasteiger partial charge in [0.15, 0.2) is 5.16 Å². The molecule has 0 fully saturated rings. The molecule has 0 bridgehead atoms. The Kier molecular flexibility index (Phi) is 7.23. The van der Waals surface area contributed by atoms with Crippen molar-refractivity contribution in [3.8, 4) is 22.6 Å². The summed E-state index contributed by atoms with van der Waals surface area (Å²) in [7, 11) is 3.09. The maximum absolute atomic E-state index is 12.9. The van der Waals surface area contributed by atoms with E-state index in [1.165, 1.54) is 35.8 Å². The monoisotopic (exact) mass is 495 g/mol. The topological polar surface area (TPSA) is 93.3 Å². The third-order valence-electron chi connectivity index (χ3n) is 5.33. The lowest BCUT2D eigenvalue weighted by Crippen LogP contribution is -2.16. The number of methoxy groups -OCH3 is 2. The molecule has 176 valence electrons. The van der Waals surface area contributed by atoms with Crippen molar-refractivity contribution in [2.45, 2.75) is 24.9 Å². The van der Waals surface area contributed by atoms with E-state index < -0.39 is 0 Å². The summed E-state index contributed by atoms with van der Waals surface area (Å²) in [6.45, 7) is 4.30. The van der Waals surface area contributed by atoms with Crippen molar-refractivity contribution in [2.75, 3.05) is 25.3 Å². The number of anilines is 1. The summed E-state index contributed by atoms with van der Waals surface area (Å²) in [4.78, 5) is 33.4. The van der Waals surface area contributed by atoms with Crippen LogP contribution in [0.25, 0.3) is 21.3 Å². The van der Waals surface area contributed by atoms with Crippen LogP contribution in [-0.4, -0.2) is 35.8 Å². The van der Waals surface area contributed by atoms with Crippen molar-refractivity contribution in [2.24, 2.45) is 0 Å². The Labute approximate surface area is 205 Å². The van der Waals surface area contributed by atoms with E-state index in [2.05, 4.69) is 41.3 Å². The summed E-state index contributed by atoms with van der Waals surface area (Å²) in [6.07, 6.45) is 0. The fourth-order valence-electron chi connectivity index (χ4n) is 3.48. The van der Waals surface area contributed by atoms with Crippen LogP contribution in [0.5, 0.6) is 11.5 Å². The molecule has 2 heterocycles. The highest BCUT2D eigenvalue weighted by Crippen LogP contribution is 2.33. The molecule has 9 heteroatoms. The fourth-order valence-corrected chi connectivity index (χ4v) is 5.15. The van der Waals surface area contributed by atoms with Crippen molar-refractivity contribution in [3.05, 3.63) is 63.8 Å². The Hall–Kier alpha value is -3.30. The average Bonchev–Trinajstić information content (AvgIpc) is 3.27. The van der Waals surface area contributed by atoms with Crippen LogP contribution in [0.3, 0.4) is 0 Å². The van der Waals surface area contributed by atoms with Crippen LogP contribution in [0, 0.1) is 0 Å². The number of hydrogen-bond acceptors (Lipinski definition) is 7. The lowest BCUT2D eigenvalue weighted by molar-refractivity contribution is -0.113. The molecule has 0 radical (unpaired) electrons. The molecular formula is C25H25N3O4S2. The number of rotatable bonds is 8. The van der Waals surface area contributed by atoms with Gasteiger partial charge in [0.05, 0.1) is 31.0 Å². The predicted molar refractivity (Wildman–Crippen MR) is 139 cm³/mol. The van der Waals surface area contributed by atoms with Gasteiger partial charge in [0.1, 0.15) is 16.3 Å². The molecule has 0 aliphatic rings. The number of thiophene rings is 1. The minimum atomic E-state index is -0.242. The Bertz CT molecular complexity index is 1380. The molecule has 4 aromatic rings. The van der Waals surface area contributed by atoms with Gasteiger partial charge in [-0.3, -0.25) is 9.59 Å². The summed E-state index contributed by atoms with van der Waals surface area (Å²) >= 11 is 2.59. The number of aromatic amines is 1. The molecule has 2 aromatic heterocycles. The SMILES string of the molecule is COc1ccc(NC(=O)CSc2nc3scc(-c4ccc(C(C)C)cc4)c3c(=O)[nH]2)c(OC)c1. The van der Waals surface area contributed by atoms with Gasteiger partial charge < -0.3 is 19.8 Å². The molecule has 4 rings (SSSR count). The number of amides is 1. The summed E-state index contributed by atoms with van der Waals surface area (Å²) in [6, 6.07) is 13.4. The molecule has 1 amide bonds. The molecule has 0 aliphatic carbocycles. The van der Waals surface area contributed by atoms with Gasteiger partial charge in [-0.05, 0) is 29.2 Å². The third-order valence-corrected chi connectivity index (χ3v) is 7.08. The van der Waals surface area contributed by atoms with Crippen LogP contribution in [0.15, 0.2) is 57.8 Å². The highest BCUT2D eigenvalue weighted by Gasteiger charge is 2.15. The molecule has 2 aromatic carbocycles. The molecule has 0 unspecified atom stereocenters. The Morgan fingerprint density at radius 2 is 1.91 bits per heavy atom. The van der Waals surface area contributed by atoms with E-state index in [1.807, 2.05) is 17.5 Å². The van der Waals surface area contributed by atoms with Gasteiger partial charge in [0, 0.05) is 17.0 Å². The van der Waals surface area contributed by atoms with Gasteiger partial charge in [-0.25, -0.2) is 4.98 Å². The summed E-state index contributed by atoms with van der Waals surface area (Å²) in [5.74, 6) is 1.41. The molecule has 2 N–H and O–H groups in total. The highest BCUT2D eigenvalue weighted by atomic mass is 32.2. The number of hydrogen-bond donors (Lipinski definition) is 2. The van der Waals surface area contributed by atoms with Crippen molar-refractivity contribution < 1.29 is 14.3 Å². The summed E-state index contributed by atoms with van der Waals surface area (Å²) < 4.78 is 10.5. The maximum atomic E-state index is 12.9. The second-order valence-corrected chi connectivity index (χ2v) is 9.70. The second-order valence-electron chi connectivity index (χ2n) is 7.88. The Morgan fingerprint density at radius 1 is 1.15 bits per heavy atom. The number of aromatic nitrogens is 2. The normalized spacial score (nSPS) is 11.1. The number of H-pyrrole nitrogens is 1. The molecule has 0 spiro atoms. The van der Waals surface area contributed by atoms with Crippen LogP contribution in [0.4, 0.5) is 5.69 Å². The van der Waals surface area contributed by atoms with Crippen molar-refractivity contribution in [3.63, 3.8) is 0 Å². The molecule has 0 saturated carbocycles. The molecule has 0 saturated heterocycles. The summed E-state index contributed by atoms with van der Waals surface area (Å²) in [5, 5.41) is 5.74. The third kappa shape index (κ3) is 5.10. The molecule has 34 heavy (non-hydrogen) atoms. The van der Waals surface area contributed by atoms with E-state index in [9.17, 15) is 9.59 Å². The zero-order valence-electron chi connectivity index (χ0n) is 19.3. The van der Waals surface area contributed by atoms with E-state index in [0.717, 1.165) is 11.1 Å². The van der Waals surface area contributed by atoms with E-state index in [1.54, 1.807) is 25.3 Å². The number of nitrogens with one attached hydrogen (secondary N) is 2. The predicted octanol–water partition coefficient (Wildman–Crippen LogP) is 5.52. The lowest BCUT2D eigenvalue weighted by atomic mass is 9.99. The van der Waals surface area contributed by atoms with E-state index in [-0.39, 0.29) is 17.2 Å². The first-order valence-electron chi connectivity index (χ1n) is 10.7. The van der Waals surface area contributed by atoms with Gasteiger partial charge in [-0.2, -0.15) is 0 Å². The van der Waals surface area contributed by atoms with Crippen molar-refractivity contribution >= 4 is 44.9 Å². The lowest BCUT2D eigenvalue weighted by Gasteiger charge is -2.11. The number of carbonyl (C=O) groups excluding carboxylic acids is 1. The van der Waals surface area contributed by atoms with Crippen LogP contribution in [0.1, 0.15) is 25.3 Å². The van der Waals surface area contributed by atoms with Crippen molar-refractivity contribution in [1.82, 2.24) is 9.97 Å². The van der Waals surface area contributed by atoms with Gasteiger partial charge in [0.25, 0.3) is 5.56 Å². The number of benzene rings is 2. The van der Waals surface area contributed by atoms with Gasteiger partial charge in [-0.1, -0.05) is 49.9 Å². The van der Waals surface area contributed by atoms with Crippen LogP contribution < -0.4 is 20.3 Å². The molecule has 0 atom stereocenters. The Balaban J connectivity index is 1.48. The van der Waals surface area contributed by atoms with Crippen LogP contribution in [0.2, 0.25) is 0 Å². The molecular weight excluding hydrogens is 470 g/mol. The number of thioether (sulfide) groups is 1. The van der Waals surface area contributed by atoms with E-state index in [0.29, 0.717) is 38.5 Å². The Morgan fingerprint density at radius 3 is 2.59 bits per heavy atom. The quantitative estimate of drug-likeness (QED) is 0.247. The van der Waals surface area contributed by atoms with Crippen LogP contribution >= 0.6 is 23.1 Å². The number of ether oxygens (including phenoxy) is 2. The standard InChI is InChI=1S/C25H25N3O4S2/c1-14(2)15-5-7-16(8-6-15)18-12-33-24-22(18)23(30)27-25(28-24)34-13-21(29)26-19-10-9-17(31-3)11-20(19)32-4/h5-12,14H,13H2,1-4H3,(H,26,29)(H,27,28,30). The van der Waals surface area contributed by atoms with E-state index >= 15 is 0 Å². The first-order valence-corrected chi connectivity index (χ1v) is 12.5. The van der Waals surface area contributed by atoms with Crippen LogP contribution in [-0.2, 0) is 4.79 Å². The number of nitrogens with zero attached hydrogens (tertiary/aromatic N) is 1. The minimum Gasteiger partial charge on any atom is -0.497 e. The van der Waals surface area contributed by atoms with Gasteiger partial charge >= 0.3 is 0 Å². The number of fused-ring (bicyclic) bond motifs is 1. The average molecular weight is 496 g/mol. The fraction of sp³-hybridized carbons (Fsp3) is 0.240. The second kappa shape index (κ2) is 10.3. The molecule has 0 aliphatic heterocycles. The van der Waals surface area contributed by atoms with E-state index in [4.69, 9.17) is 9.47 Å².